The number of hydrogen-bond donors (Lipinski definition) is 2. The molecule has 7 nitrogen and oxygen atoms in total. The Morgan fingerprint density at radius 1 is 0.912 bits per heavy atom. The van der Waals surface area contributed by atoms with Crippen LogP contribution in [0.2, 0.25) is 0 Å². The zero-order chi connectivity index (χ0) is 24.3. The monoisotopic (exact) mass is 473 g/mol. The highest BCUT2D eigenvalue weighted by Crippen LogP contribution is 2.24. The summed E-state index contributed by atoms with van der Waals surface area (Å²) in [6.07, 6.45) is 0.902. The van der Waals surface area contributed by atoms with E-state index in [4.69, 9.17) is 10.00 Å². The maximum Gasteiger partial charge on any atom is 0.339 e. The molecule has 2 N–H and O–H groups in total. The average Bonchev–Trinajstić information content (AvgIpc) is 2.86. The van der Waals surface area contributed by atoms with Gasteiger partial charge >= 0.3 is 5.97 Å². The Kier molecular flexibility index (Phi) is 8.83. The van der Waals surface area contributed by atoms with Gasteiger partial charge in [-0.25, -0.2) is 4.79 Å². The molecule has 0 aliphatic heterocycles. The Morgan fingerprint density at radius 3 is 2.38 bits per heavy atom. The molecular weight excluding hydrogens is 450 g/mol. The van der Waals surface area contributed by atoms with Crippen molar-refractivity contribution >= 4 is 40.9 Å². The first-order valence-corrected chi connectivity index (χ1v) is 11.5. The van der Waals surface area contributed by atoms with E-state index in [0.29, 0.717) is 21.8 Å². The van der Waals surface area contributed by atoms with Crippen molar-refractivity contribution in [2.75, 3.05) is 23.0 Å². The molecule has 0 aliphatic carbocycles. The fourth-order valence-electron chi connectivity index (χ4n) is 3.00. The molecule has 2 amide bonds. The molecule has 3 aromatic carbocycles. The van der Waals surface area contributed by atoms with Crippen LogP contribution in [-0.2, 0) is 20.7 Å². The van der Waals surface area contributed by atoms with Crippen LogP contribution in [0.5, 0.6) is 0 Å². The zero-order valence-electron chi connectivity index (χ0n) is 18.5. The number of nitriles is 1. The van der Waals surface area contributed by atoms with E-state index in [1.54, 1.807) is 60.7 Å². The lowest BCUT2D eigenvalue weighted by molar-refractivity contribution is -0.119. The topological polar surface area (TPSA) is 108 Å². The number of ether oxygens (including phenoxy) is 1. The van der Waals surface area contributed by atoms with Crippen LogP contribution in [0.4, 0.5) is 11.4 Å². The third-order valence-corrected chi connectivity index (χ3v) is 5.79. The fourth-order valence-corrected chi connectivity index (χ4v) is 3.84. The summed E-state index contributed by atoms with van der Waals surface area (Å²) in [5, 5.41) is 14.4. The number of esters is 1. The van der Waals surface area contributed by atoms with Gasteiger partial charge in [-0.3, -0.25) is 9.59 Å². The Hall–Kier alpha value is -4.09. The maximum absolute atomic E-state index is 12.6. The second-order valence-corrected chi connectivity index (χ2v) is 8.22. The molecule has 0 aromatic heterocycles. The van der Waals surface area contributed by atoms with Gasteiger partial charge in [0.1, 0.15) is 0 Å². The highest BCUT2D eigenvalue weighted by molar-refractivity contribution is 8.00. The third-order valence-electron chi connectivity index (χ3n) is 4.72. The number of carbonyl (C=O) groups is 3. The van der Waals surface area contributed by atoms with Gasteiger partial charge in [0.25, 0.3) is 5.91 Å². The van der Waals surface area contributed by atoms with Crippen LogP contribution in [0.3, 0.4) is 0 Å². The predicted octanol–water partition coefficient (Wildman–Crippen LogP) is 4.65. The van der Waals surface area contributed by atoms with E-state index in [1.165, 1.54) is 11.8 Å². The summed E-state index contributed by atoms with van der Waals surface area (Å²) in [4.78, 5) is 37.6. The Bertz CT molecular complexity index is 1220. The second-order valence-electron chi connectivity index (χ2n) is 7.20. The lowest BCUT2D eigenvalue weighted by Crippen LogP contribution is -2.21. The number of hydrogen-bond acceptors (Lipinski definition) is 6. The lowest BCUT2D eigenvalue weighted by atomic mass is 10.1. The van der Waals surface area contributed by atoms with Crippen molar-refractivity contribution in [3.05, 3.63) is 89.5 Å². The van der Waals surface area contributed by atoms with Crippen molar-refractivity contribution in [2.45, 2.75) is 18.2 Å². The summed E-state index contributed by atoms with van der Waals surface area (Å²) < 4.78 is 5.18. The smallest absolute Gasteiger partial charge is 0.339 e. The molecule has 0 unspecified atom stereocenters. The largest absolute Gasteiger partial charge is 0.452 e. The van der Waals surface area contributed by atoms with E-state index in [1.807, 2.05) is 25.1 Å². The number of aryl methyl sites for hydroxylation is 1. The maximum atomic E-state index is 12.6. The van der Waals surface area contributed by atoms with Gasteiger partial charge in [-0.1, -0.05) is 37.3 Å². The SMILES string of the molecule is CCc1ccc(NC(=O)COC(=O)c2ccccc2SCC(=O)Nc2cccc(C#N)c2)cc1. The van der Waals surface area contributed by atoms with Crippen molar-refractivity contribution in [1.82, 2.24) is 0 Å². The first-order chi connectivity index (χ1) is 16.5. The van der Waals surface area contributed by atoms with Crippen LogP contribution in [-0.4, -0.2) is 30.1 Å². The summed E-state index contributed by atoms with van der Waals surface area (Å²) >= 11 is 1.17. The van der Waals surface area contributed by atoms with E-state index in [9.17, 15) is 14.4 Å². The van der Waals surface area contributed by atoms with Crippen LogP contribution in [0.1, 0.15) is 28.4 Å². The van der Waals surface area contributed by atoms with E-state index in [2.05, 4.69) is 10.6 Å². The van der Waals surface area contributed by atoms with Gasteiger partial charge in [0.05, 0.1) is 22.9 Å². The minimum atomic E-state index is -0.651. The molecular formula is C26H23N3O4S. The third kappa shape index (κ3) is 7.22. The van der Waals surface area contributed by atoms with Crippen LogP contribution in [0.25, 0.3) is 0 Å². The molecule has 3 aromatic rings. The van der Waals surface area contributed by atoms with Crippen LogP contribution >= 0.6 is 11.8 Å². The Labute approximate surface area is 202 Å². The van der Waals surface area contributed by atoms with Gasteiger partial charge < -0.3 is 15.4 Å². The Balaban J connectivity index is 1.53. The standard InChI is InChI=1S/C26H23N3O4S/c1-2-18-10-12-20(13-11-18)28-24(30)16-33-26(32)22-8-3-4-9-23(22)34-17-25(31)29-21-7-5-6-19(14-21)15-27/h3-14H,2,16-17H2,1H3,(H,28,30)(H,29,31). The van der Waals surface area contributed by atoms with Crippen molar-refractivity contribution in [3.8, 4) is 6.07 Å². The number of nitrogens with one attached hydrogen (secondary N) is 2. The van der Waals surface area contributed by atoms with Crippen LogP contribution < -0.4 is 10.6 Å². The predicted molar refractivity (Wildman–Crippen MR) is 132 cm³/mol. The van der Waals surface area contributed by atoms with Gasteiger partial charge in [-0.05, 0) is 54.4 Å². The zero-order valence-corrected chi connectivity index (χ0v) is 19.4. The number of anilines is 2. The van der Waals surface area contributed by atoms with Crippen molar-refractivity contribution in [3.63, 3.8) is 0 Å². The molecule has 0 saturated carbocycles. The lowest BCUT2D eigenvalue weighted by Gasteiger charge is -2.10. The molecule has 0 radical (unpaired) electrons. The van der Waals surface area contributed by atoms with E-state index in [0.717, 1.165) is 12.0 Å². The summed E-state index contributed by atoms with van der Waals surface area (Å²) in [6.45, 7) is 1.62. The quantitative estimate of drug-likeness (QED) is 0.346. The molecule has 0 saturated heterocycles. The first-order valence-electron chi connectivity index (χ1n) is 10.6. The summed E-state index contributed by atoms with van der Waals surface area (Å²) in [5.41, 5.74) is 3.02. The number of benzene rings is 3. The Morgan fingerprint density at radius 2 is 1.65 bits per heavy atom. The molecule has 172 valence electrons. The molecule has 34 heavy (non-hydrogen) atoms. The highest BCUT2D eigenvalue weighted by atomic mass is 32.2. The summed E-state index contributed by atoms with van der Waals surface area (Å²) in [7, 11) is 0. The van der Waals surface area contributed by atoms with Gasteiger partial charge in [0, 0.05) is 16.3 Å². The molecule has 8 heteroatoms. The minimum Gasteiger partial charge on any atom is -0.452 e. The van der Waals surface area contributed by atoms with Crippen molar-refractivity contribution < 1.29 is 19.1 Å². The van der Waals surface area contributed by atoms with Crippen LogP contribution in [0.15, 0.2) is 77.7 Å². The van der Waals surface area contributed by atoms with E-state index >= 15 is 0 Å². The highest BCUT2D eigenvalue weighted by Gasteiger charge is 2.16. The van der Waals surface area contributed by atoms with Crippen LogP contribution in [0, 0.1) is 11.3 Å². The molecule has 0 heterocycles. The van der Waals surface area contributed by atoms with E-state index < -0.39 is 18.5 Å². The van der Waals surface area contributed by atoms with Gasteiger partial charge in [0.15, 0.2) is 6.61 Å². The number of carbonyl (C=O) groups excluding carboxylic acids is 3. The average molecular weight is 474 g/mol. The van der Waals surface area contributed by atoms with E-state index in [-0.39, 0.29) is 17.2 Å². The van der Waals surface area contributed by atoms with Gasteiger partial charge in [-0.15, -0.1) is 11.8 Å². The molecule has 0 bridgehead atoms. The van der Waals surface area contributed by atoms with Gasteiger partial charge in [0.2, 0.25) is 5.91 Å². The second kappa shape index (κ2) is 12.2. The molecule has 0 spiro atoms. The number of amides is 2. The molecule has 0 aliphatic rings. The van der Waals surface area contributed by atoms with Gasteiger partial charge in [-0.2, -0.15) is 5.26 Å². The fraction of sp³-hybridized carbons (Fsp3) is 0.154. The minimum absolute atomic E-state index is 0.0509. The van der Waals surface area contributed by atoms with Crippen molar-refractivity contribution in [2.24, 2.45) is 0 Å². The molecule has 3 rings (SSSR count). The molecule has 0 atom stereocenters. The normalized spacial score (nSPS) is 10.1. The molecule has 0 fully saturated rings. The number of rotatable bonds is 9. The summed E-state index contributed by atoms with van der Waals surface area (Å²) in [5.74, 6) is -1.32. The van der Waals surface area contributed by atoms with Crippen molar-refractivity contribution in [1.29, 1.82) is 5.26 Å². The first kappa shape index (κ1) is 24.6. The number of thioether (sulfide) groups is 1. The number of nitrogens with zero attached hydrogens (tertiary/aromatic N) is 1. The summed E-state index contributed by atoms with van der Waals surface area (Å²) in [6, 6.07) is 22.8.